The van der Waals surface area contributed by atoms with Crippen molar-refractivity contribution in [3.05, 3.63) is 0 Å². The van der Waals surface area contributed by atoms with Crippen molar-refractivity contribution in [3.63, 3.8) is 0 Å². The van der Waals surface area contributed by atoms with Gasteiger partial charge in [-0.05, 0) is 27.0 Å². The molecule has 0 heterocycles. The molecule has 5 nitrogen and oxygen atoms in total. The number of carbonyl (C=O) groups is 2. The van der Waals surface area contributed by atoms with Gasteiger partial charge in [-0.1, -0.05) is 13.8 Å². The minimum absolute atomic E-state index is 0.450. The summed E-state index contributed by atoms with van der Waals surface area (Å²) >= 11 is 1.44. The van der Waals surface area contributed by atoms with Crippen LogP contribution in [0.2, 0.25) is 0 Å². The molecule has 0 fully saturated rings. The molecule has 0 aliphatic heterocycles. The van der Waals surface area contributed by atoms with Crippen LogP contribution in [0.1, 0.15) is 34.6 Å². The van der Waals surface area contributed by atoms with E-state index in [0.717, 1.165) is 0 Å². The number of hydrogen-bond donors (Lipinski definition) is 1. The summed E-state index contributed by atoms with van der Waals surface area (Å²) < 4.78 is 9.62. The summed E-state index contributed by atoms with van der Waals surface area (Å²) in [7, 11) is 1.28. The van der Waals surface area contributed by atoms with E-state index in [4.69, 9.17) is 4.74 Å². The molecule has 0 rings (SSSR count). The fraction of sp³-hybridized carbons (Fsp3) is 0.833. The predicted octanol–water partition coefficient (Wildman–Crippen LogP) is 2.44. The Labute approximate surface area is 114 Å². The molecule has 0 aliphatic carbocycles. The molecule has 1 N–H and O–H groups in total. The molecule has 0 aliphatic rings. The summed E-state index contributed by atoms with van der Waals surface area (Å²) in [4.78, 5) is 22.7. The Morgan fingerprint density at radius 3 is 2.11 bits per heavy atom. The van der Waals surface area contributed by atoms with Crippen LogP contribution in [-0.2, 0) is 14.3 Å². The highest BCUT2D eigenvalue weighted by Gasteiger charge is 2.24. The van der Waals surface area contributed by atoms with Crippen LogP contribution < -0.4 is 5.32 Å². The number of carbonyl (C=O) groups excluding carboxylic acids is 2. The average Bonchev–Trinajstić information content (AvgIpc) is 2.27. The van der Waals surface area contributed by atoms with E-state index in [-0.39, 0.29) is 0 Å². The topological polar surface area (TPSA) is 64.6 Å². The number of nitrogens with one attached hydrogen (secondary N) is 1. The van der Waals surface area contributed by atoms with Crippen LogP contribution >= 0.6 is 11.8 Å². The van der Waals surface area contributed by atoms with E-state index in [1.54, 1.807) is 20.8 Å². The van der Waals surface area contributed by atoms with Gasteiger partial charge in [0.05, 0.1) is 7.11 Å². The number of hydrogen-bond acceptors (Lipinski definition) is 5. The van der Waals surface area contributed by atoms with Crippen molar-refractivity contribution >= 4 is 23.8 Å². The zero-order chi connectivity index (χ0) is 14.8. The third kappa shape index (κ3) is 10.3. The SMILES string of the molecule is CC.COC(=O)C(CSC)NC(=O)OC(C)(C)C. The van der Waals surface area contributed by atoms with E-state index < -0.39 is 23.7 Å². The maximum Gasteiger partial charge on any atom is 0.408 e. The van der Waals surface area contributed by atoms with Crippen LogP contribution in [-0.4, -0.2) is 42.8 Å². The van der Waals surface area contributed by atoms with Crippen molar-refractivity contribution in [1.82, 2.24) is 5.32 Å². The summed E-state index contributed by atoms with van der Waals surface area (Å²) in [5, 5.41) is 2.47. The fourth-order valence-electron chi connectivity index (χ4n) is 0.927. The van der Waals surface area contributed by atoms with Gasteiger partial charge < -0.3 is 14.8 Å². The zero-order valence-electron chi connectivity index (χ0n) is 12.3. The second-order valence-electron chi connectivity index (χ2n) is 4.18. The lowest BCUT2D eigenvalue weighted by molar-refractivity contribution is -0.142. The largest absolute Gasteiger partial charge is 0.467 e. The molecule has 108 valence electrons. The van der Waals surface area contributed by atoms with Crippen LogP contribution in [0, 0.1) is 0 Å². The van der Waals surface area contributed by atoms with Gasteiger partial charge in [-0.3, -0.25) is 0 Å². The van der Waals surface area contributed by atoms with Crippen LogP contribution in [0.3, 0.4) is 0 Å². The fourth-order valence-corrected chi connectivity index (χ4v) is 1.48. The van der Waals surface area contributed by atoms with E-state index >= 15 is 0 Å². The summed E-state index contributed by atoms with van der Waals surface area (Å²) in [6.45, 7) is 9.27. The molecular weight excluding hydrogens is 254 g/mol. The summed E-state index contributed by atoms with van der Waals surface area (Å²) in [6, 6.07) is -0.671. The van der Waals surface area contributed by atoms with Crippen LogP contribution in [0.25, 0.3) is 0 Å². The Kier molecular flexibility index (Phi) is 10.9. The Morgan fingerprint density at radius 2 is 1.78 bits per heavy atom. The van der Waals surface area contributed by atoms with E-state index in [1.807, 2.05) is 20.1 Å². The maximum atomic E-state index is 11.4. The number of esters is 1. The molecule has 0 bridgehead atoms. The Bertz CT molecular complexity index is 251. The van der Waals surface area contributed by atoms with Gasteiger partial charge in [0.1, 0.15) is 11.6 Å². The molecule has 1 amide bonds. The van der Waals surface area contributed by atoms with Gasteiger partial charge in [0.25, 0.3) is 0 Å². The third-order valence-corrected chi connectivity index (χ3v) is 2.18. The first-order chi connectivity index (χ1) is 8.30. The van der Waals surface area contributed by atoms with Gasteiger partial charge in [0.15, 0.2) is 0 Å². The first-order valence-electron chi connectivity index (χ1n) is 5.86. The normalized spacial score (nSPS) is 11.7. The highest BCUT2D eigenvalue weighted by molar-refractivity contribution is 7.98. The summed E-state index contributed by atoms with van der Waals surface area (Å²) in [5.74, 6) is -0.0217. The van der Waals surface area contributed by atoms with Gasteiger partial charge >= 0.3 is 12.1 Å². The van der Waals surface area contributed by atoms with Gasteiger partial charge in [0, 0.05) is 5.75 Å². The predicted molar refractivity (Wildman–Crippen MR) is 74.9 cm³/mol. The van der Waals surface area contributed by atoms with Crippen molar-refractivity contribution in [2.24, 2.45) is 0 Å². The molecule has 0 aromatic rings. The number of alkyl carbamates (subject to hydrolysis) is 1. The maximum absolute atomic E-state index is 11.4. The van der Waals surface area contributed by atoms with Gasteiger partial charge in [0.2, 0.25) is 0 Å². The second kappa shape index (κ2) is 10.1. The standard InChI is InChI=1S/C10H19NO4S.C2H6/c1-10(2,3)15-9(13)11-7(6-16-5)8(12)14-4;1-2/h7H,6H2,1-5H3,(H,11,13);1-2H3. The van der Waals surface area contributed by atoms with E-state index in [9.17, 15) is 9.59 Å². The Hall–Kier alpha value is -0.910. The molecule has 6 heteroatoms. The molecule has 18 heavy (non-hydrogen) atoms. The lowest BCUT2D eigenvalue weighted by Gasteiger charge is -2.22. The molecule has 0 radical (unpaired) electrons. The first-order valence-corrected chi connectivity index (χ1v) is 7.26. The lowest BCUT2D eigenvalue weighted by atomic mass is 10.2. The van der Waals surface area contributed by atoms with Crippen LogP contribution in [0.15, 0.2) is 0 Å². The van der Waals surface area contributed by atoms with Crippen molar-refractivity contribution in [1.29, 1.82) is 0 Å². The minimum atomic E-state index is -0.671. The quantitative estimate of drug-likeness (QED) is 0.801. The van der Waals surface area contributed by atoms with E-state index in [0.29, 0.717) is 5.75 Å². The Morgan fingerprint density at radius 1 is 1.28 bits per heavy atom. The van der Waals surface area contributed by atoms with Crippen molar-refractivity contribution < 1.29 is 19.1 Å². The zero-order valence-corrected chi connectivity index (χ0v) is 13.1. The minimum Gasteiger partial charge on any atom is -0.467 e. The number of methoxy groups -OCH3 is 1. The summed E-state index contributed by atoms with van der Waals surface area (Å²) in [6.07, 6.45) is 1.23. The smallest absolute Gasteiger partial charge is 0.408 e. The van der Waals surface area contributed by atoms with Gasteiger partial charge in [-0.25, -0.2) is 9.59 Å². The molecule has 0 aromatic carbocycles. The van der Waals surface area contributed by atoms with Crippen LogP contribution in [0.4, 0.5) is 4.79 Å². The monoisotopic (exact) mass is 279 g/mol. The van der Waals surface area contributed by atoms with Crippen molar-refractivity contribution in [3.8, 4) is 0 Å². The Balaban J connectivity index is 0. The third-order valence-electron chi connectivity index (χ3n) is 1.51. The average molecular weight is 279 g/mol. The van der Waals surface area contributed by atoms with Gasteiger partial charge in [-0.2, -0.15) is 11.8 Å². The number of rotatable bonds is 4. The van der Waals surface area contributed by atoms with Crippen molar-refractivity contribution in [2.45, 2.75) is 46.3 Å². The summed E-state index contributed by atoms with van der Waals surface area (Å²) in [5.41, 5.74) is -0.579. The highest BCUT2D eigenvalue weighted by atomic mass is 32.2. The van der Waals surface area contributed by atoms with Crippen molar-refractivity contribution in [2.75, 3.05) is 19.1 Å². The number of thioether (sulfide) groups is 1. The lowest BCUT2D eigenvalue weighted by Crippen LogP contribution is -2.45. The molecular formula is C12H25NO4S. The highest BCUT2D eigenvalue weighted by Crippen LogP contribution is 2.07. The van der Waals surface area contributed by atoms with Crippen LogP contribution in [0.5, 0.6) is 0 Å². The molecule has 0 aromatic heterocycles. The molecule has 0 saturated heterocycles. The van der Waals surface area contributed by atoms with E-state index in [1.165, 1.54) is 18.9 Å². The second-order valence-corrected chi connectivity index (χ2v) is 5.09. The van der Waals surface area contributed by atoms with Gasteiger partial charge in [-0.15, -0.1) is 0 Å². The number of amides is 1. The molecule has 0 spiro atoms. The molecule has 1 atom stereocenters. The van der Waals surface area contributed by atoms with E-state index in [2.05, 4.69) is 10.1 Å². The molecule has 1 unspecified atom stereocenters. The first kappa shape index (κ1) is 19.4. The molecule has 0 saturated carbocycles. The number of ether oxygens (including phenoxy) is 2.